The monoisotopic (exact) mass is 414 g/mol. The van der Waals surface area contributed by atoms with Crippen molar-refractivity contribution in [1.82, 2.24) is 4.98 Å². The number of aryl methyl sites for hydroxylation is 3. The molecule has 8 heteroatoms. The van der Waals surface area contributed by atoms with E-state index in [-0.39, 0.29) is 5.91 Å². The topological polar surface area (TPSA) is 83.1 Å². The van der Waals surface area contributed by atoms with Gasteiger partial charge in [-0.15, -0.1) is 0 Å². The van der Waals surface area contributed by atoms with Crippen molar-refractivity contribution in [3.05, 3.63) is 69.2 Å². The van der Waals surface area contributed by atoms with Crippen molar-refractivity contribution in [3.63, 3.8) is 0 Å². The largest absolute Gasteiger partial charge is 0.325 e. The number of rotatable bonds is 4. The van der Waals surface area contributed by atoms with Gasteiger partial charge in [0.15, 0.2) is 5.13 Å². The quantitative estimate of drug-likeness (QED) is 0.518. The number of halogens is 1. The molecule has 0 spiro atoms. The molecule has 0 radical (unpaired) electrons. The number of anilines is 3. The van der Waals surface area contributed by atoms with Crippen LogP contribution in [0.25, 0.3) is 0 Å². The lowest BCUT2D eigenvalue weighted by Gasteiger charge is -2.06. The van der Waals surface area contributed by atoms with Gasteiger partial charge >= 0.3 is 6.03 Å². The van der Waals surface area contributed by atoms with Crippen LogP contribution in [-0.4, -0.2) is 16.9 Å². The minimum Gasteiger partial charge on any atom is -0.321 e. The molecule has 0 saturated carbocycles. The van der Waals surface area contributed by atoms with E-state index in [0.29, 0.717) is 32.1 Å². The van der Waals surface area contributed by atoms with Crippen molar-refractivity contribution >= 4 is 51.4 Å². The smallest absolute Gasteiger partial charge is 0.321 e. The second kappa shape index (κ2) is 8.41. The molecule has 3 aromatic rings. The molecular weight excluding hydrogens is 396 g/mol. The summed E-state index contributed by atoms with van der Waals surface area (Å²) in [5.74, 6) is -0.304. The molecule has 6 nitrogen and oxygen atoms in total. The van der Waals surface area contributed by atoms with Crippen LogP contribution >= 0.6 is 22.9 Å². The summed E-state index contributed by atoms with van der Waals surface area (Å²) < 4.78 is 0. The molecule has 1 heterocycles. The van der Waals surface area contributed by atoms with Crippen LogP contribution in [0.15, 0.2) is 42.5 Å². The third-order valence-corrected chi connectivity index (χ3v) is 5.44. The van der Waals surface area contributed by atoms with Crippen LogP contribution in [0.2, 0.25) is 5.02 Å². The predicted octanol–water partition coefficient (Wildman–Crippen LogP) is 5.62. The maximum Gasteiger partial charge on any atom is 0.325 e. The lowest BCUT2D eigenvalue weighted by molar-refractivity contribution is 0.103. The van der Waals surface area contributed by atoms with Crippen LogP contribution in [0.1, 0.15) is 26.5 Å². The van der Waals surface area contributed by atoms with Gasteiger partial charge in [-0.1, -0.05) is 46.7 Å². The van der Waals surface area contributed by atoms with Gasteiger partial charge in [0.05, 0.1) is 5.69 Å². The summed E-state index contributed by atoms with van der Waals surface area (Å²) in [4.78, 5) is 29.4. The van der Waals surface area contributed by atoms with E-state index in [0.717, 1.165) is 22.5 Å². The third kappa shape index (κ3) is 4.88. The number of hydrogen-bond donors (Lipinski definition) is 3. The molecule has 0 bridgehead atoms. The number of carbonyl (C=O) groups is 2. The second-order valence-corrected chi connectivity index (χ2v) is 7.70. The molecule has 0 aliphatic carbocycles. The van der Waals surface area contributed by atoms with Crippen LogP contribution in [-0.2, 0) is 0 Å². The fourth-order valence-electron chi connectivity index (χ4n) is 2.42. The van der Waals surface area contributed by atoms with E-state index in [1.807, 2.05) is 44.2 Å². The molecular formula is C20H19ClN4O2S. The fraction of sp³-hybridized carbons (Fsp3) is 0.150. The number of nitrogens with one attached hydrogen (secondary N) is 3. The number of aromatic nitrogens is 1. The van der Waals surface area contributed by atoms with Gasteiger partial charge in [0.2, 0.25) is 0 Å². The molecule has 2 aromatic carbocycles. The zero-order chi connectivity index (χ0) is 20.3. The number of nitrogens with zero attached hydrogens (tertiary/aromatic N) is 1. The Labute approximate surface area is 172 Å². The zero-order valence-corrected chi connectivity index (χ0v) is 17.2. The summed E-state index contributed by atoms with van der Waals surface area (Å²) in [6.45, 7) is 5.58. The Bertz CT molecular complexity index is 1030. The fourth-order valence-corrected chi connectivity index (χ4v) is 3.45. The van der Waals surface area contributed by atoms with Gasteiger partial charge < -0.3 is 10.6 Å². The third-order valence-electron chi connectivity index (χ3n) is 3.96. The van der Waals surface area contributed by atoms with Crippen LogP contribution in [0, 0.1) is 20.8 Å². The Balaban J connectivity index is 1.66. The van der Waals surface area contributed by atoms with Crippen molar-refractivity contribution in [2.24, 2.45) is 0 Å². The van der Waals surface area contributed by atoms with Crippen molar-refractivity contribution < 1.29 is 9.59 Å². The maximum absolute atomic E-state index is 12.5. The first-order valence-electron chi connectivity index (χ1n) is 8.51. The first-order chi connectivity index (χ1) is 13.3. The zero-order valence-electron chi connectivity index (χ0n) is 15.6. The highest BCUT2D eigenvalue weighted by molar-refractivity contribution is 7.17. The molecule has 0 aliphatic rings. The number of amides is 3. The molecule has 0 saturated heterocycles. The SMILES string of the molecule is Cc1ccc(NC(=O)Nc2nc(C)c(C(=O)Nc3ccc(C)c(Cl)c3)s2)cc1. The molecule has 0 aliphatic heterocycles. The lowest BCUT2D eigenvalue weighted by atomic mass is 10.2. The standard InChI is InChI=1S/C20H19ClN4O2S/c1-11-4-7-14(8-5-11)24-19(27)25-20-22-13(3)17(28-20)18(26)23-15-9-6-12(2)16(21)10-15/h4-10H,1-3H3,(H,23,26)(H2,22,24,25,27). The van der Waals surface area contributed by atoms with Crippen molar-refractivity contribution in [2.45, 2.75) is 20.8 Å². The van der Waals surface area contributed by atoms with Gasteiger partial charge in [0.1, 0.15) is 4.88 Å². The maximum atomic E-state index is 12.5. The summed E-state index contributed by atoms with van der Waals surface area (Å²) in [6, 6.07) is 12.3. The van der Waals surface area contributed by atoms with E-state index in [9.17, 15) is 9.59 Å². The van der Waals surface area contributed by atoms with E-state index in [1.54, 1.807) is 19.1 Å². The van der Waals surface area contributed by atoms with Crippen molar-refractivity contribution in [1.29, 1.82) is 0 Å². The average molecular weight is 415 g/mol. The molecule has 144 valence electrons. The van der Waals surface area contributed by atoms with Gasteiger partial charge in [-0.05, 0) is 50.6 Å². The van der Waals surface area contributed by atoms with Gasteiger partial charge in [-0.2, -0.15) is 0 Å². The van der Waals surface area contributed by atoms with E-state index in [4.69, 9.17) is 11.6 Å². The Morgan fingerprint density at radius 1 is 0.929 bits per heavy atom. The number of hydrogen-bond acceptors (Lipinski definition) is 4. The van der Waals surface area contributed by atoms with E-state index in [1.165, 1.54) is 0 Å². The van der Waals surface area contributed by atoms with E-state index < -0.39 is 6.03 Å². The molecule has 0 atom stereocenters. The summed E-state index contributed by atoms with van der Waals surface area (Å²) in [7, 11) is 0. The number of thiazole rings is 1. The lowest BCUT2D eigenvalue weighted by Crippen LogP contribution is -2.19. The minimum absolute atomic E-state index is 0.304. The number of benzene rings is 2. The summed E-state index contributed by atoms with van der Waals surface area (Å²) in [5, 5.41) is 9.10. The van der Waals surface area contributed by atoms with Crippen LogP contribution in [0.4, 0.5) is 21.3 Å². The van der Waals surface area contributed by atoms with E-state index in [2.05, 4.69) is 20.9 Å². The van der Waals surface area contributed by atoms with Gasteiger partial charge in [-0.25, -0.2) is 9.78 Å². The summed E-state index contributed by atoms with van der Waals surface area (Å²) in [5.41, 5.74) is 3.84. The van der Waals surface area contributed by atoms with Crippen LogP contribution in [0.5, 0.6) is 0 Å². The molecule has 0 unspecified atom stereocenters. The first kappa shape index (κ1) is 19.9. The molecule has 0 fully saturated rings. The van der Waals surface area contributed by atoms with Gasteiger partial charge in [0.25, 0.3) is 5.91 Å². The summed E-state index contributed by atoms with van der Waals surface area (Å²) in [6.07, 6.45) is 0. The predicted molar refractivity (Wildman–Crippen MR) is 115 cm³/mol. The van der Waals surface area contributed by atoms with Crippen LogP contribution < -0.4 is 16.0 Å². The highest BCUT2D eigenvalue weighted by Crippen LogP contribution is 2.25. The molecule has 3 amide bonds. The Hall–Kier alpha value is -2.90. The van der Waals surface area contributed by atoms with Gasteiger partial charge in [-0.3, -0.25) is 10.1 Å². The first-order valence-corrected chi connectivity index (χ1v) is 9.71. The Morgan fingerprint density at radius 2 is 1.61 bits per heavy atom. The average Bonchev–Trinajstić information content (AvgIpc) is 3.00. The Morgan fingerprint density at radius 3 is 2.29 bits per heavy atom. The van der Waals surface area contributed by atoms with Crippen LogP contribution in [0.3, 0.4) is 0 Å². The molecule has 1 aromatic heterocycles. The summed E-state index contributed by atoms with van der Waals surface area (Å²) >= 11 is 7.20. The van der Waals surface area contributed by atoms with Crippen molar-refractivity contribution in [3.8, 4) is 0 Å². The minimum atomic E-state index is -0.421. The van der Waals surface area contributed by atoms with Crippen molar-refractivity contribution in [2.75, 3.05) is 16.0 Å². The van der Waals surface area contributed by atoms with Gasteiger partial charge in [0, 0.05) is 16.4 Å². The molecule has 3 rings (SSSR count). The second-order valence-electron chi connectivity index (χ2n) is 6.30. The number of urea groups is 1. The number of carbonyl (C=O) groups excluding carboxylic acids is 2. The highest BCUT2D eigenvalue weighted by Gasteiger charge is 2.17. The highest BCUT2D eigenvalue weighted by atomic mass is 35.5. The Kier molecular flexibility index (Phi) is 5.96. The normalized spacial score (nSPS) is 10.4. The molecule has 28 heavy (non-hydrogen) atoms. The van der Waals surface area contributed by atoms with E-state index >= 15 is 0 Å². The molecule has 3 N–H and O–H groups in total.